The van der Waals surface area contributed by atoms with E-state index >= 15 is 0 Å². The molecule has 7 nitrogen and oxygen atoms in total. The molecule has 2 heterocycles. The van der Waals surface area contributed by atoms with E-state index in [1.54, 1.807) is 7.11 Å². The van der Waals surface area contributed by atoms with Gasteiger partial charge in [0.05, 0.1) is 25.6 Å². The number of aryl methyl sites for hydroxylation is 2. The molecule has 1 aliphatic heterocycles. The van der Waals surface area contributed by atoms with E-state index in [4.69, 9.17) is 9.26 Å². The molecule has 0 saturated carbocycles. The number of piperidine rings is 1. The SMILES string of the molecule is CCC(NC(=O)C1CCCN(Cc2nc(-c3ccc(OC)cc3)no2)C1)c1ccc(C)cc1C. The molecule has 0 aliphatic carbocycles. The van der Waals surface area contributed by atoms with Crippen LogP contribution in [0.15, 0.2) is 47.0 Å². The molecule has 0 bridgehead atoms. The van der Waals surface area contributed by atoms with Crippen molar-refractivity contribution < 1.29 is 14.1 Å². The molecule has 1 aliphatic rings. The summed E-state index contributed by atoms with van der Waals surface area (Å²) in [6.45, 7) is 8.47. The summed E-state index contributed by atoms with van der Waals surface area (Å²) in [4.78, 5) is 19.9. The lowest BCUT2D eigenvalue weighted by molar-refractivity contribution is -0.127. The number of benzene rings is 2. The maximum atomic E-state index is 13.2. The lowest BCUT2D eigenvalue weighted by Gasteiger charge is -2.32. The summed E-state index contributed by atoms with van der Waals surface area (Å²) < 4.78 is 10.7. The van der Waals surface area contributed by atoms with Crippen molar-refractivity contribution in [1.29, 1.82) is 0 Å². The molecule has 180 valence electrons. The molecule has 0 radical (unpaired) electrons. The predicted octanol–water partition coefficient (Wildman–Crippen LogP) is 4.84. The van der Waals surface area contributed by atoms with Crippen LogP contribution < -0.4 is 10.1 Å². The van der Waals surface area contributed by atoms with Crippen LogP contribution in [0.2, 0.25) is 0 Å². The summed E-state index contributed by atoms with van der Waals surface area (Å²) in [5.41, 5.74) is 4.54. The Bertz CT molecular complexity index is 1110. The zero-order chi connectivity index (χ0) is 24.1. The summed E-state index contributed by atoms with van der Waals surface area (Å²) in [6.07, 6.45) is 2.73. The van der Waals surface area contributed by atoms with Gasteiger partial charge in [0.15, 0.2) is 0 Å². The minimum absolute atomic E-state index is 0.0338. The van der Waals surface area contributed by atoms with Crippen molar-refractivity contribution in [2.75, 3.05) is 20.2 Å². The second-order valence-corrected chi connectivity index (χ2v) is 9.14. The maximum absolute atomic E-state index is 13.2. The molecular formula is C27H34N4O3. The van der Waals surface area contributed by atoms with Gasteiger partial charge in [0.1, 0.15) is 5.75 Å². The number of rotatable bonds is 8. The first-order chi connectivity index (χ1) is 16.5. The van der Waals surface area contributed by atoms with Crippen LogP contribution in [0.25, 0.3) is 11.4 Å². The Balaban J connectivity index is 1.36. The first-order valence-corrected chi connectivity index (χ1v) is 12.0. The largest absolute Gasteiger partial charge is 0.497 e. The lowest BCUT2D eigenvalue weighted by atomic mass is 9.94. The number of hydrogen-bond acceptors (Lipinski definition) is 6. The summed E-state index contributed by atoms with van der Waals surface area (Å²) in [5.74, 6) is 1.99. The van der Waals surface area contributed by atoms with Crippen LogP contribution in [0.5, 0.6) is 5.75 Å². The molecule has 1 amide bonds. The van der Waals surface area contributed by atoms with Gasteiger partial charge in [-0.2, -0.15) is 4.98 Å². The number of nitrogens with one attached hydrogen (secondary N) is 1. The minimum atomic E-state index is -0.0439. The third-order valence-electron chi connectivity index (χ3n) is 6.58. The van der Waals surface area contributed by atoms with Crippen molar-refractivity contribution >= 4 is 5.91 Å². The number of hydrogen-bond donors (Lipinski definition) is 1. The third-order valence-corrected chi connectivity index (χ3v) is 6.58. The van der Waals surface area contributed by atoms with E-state index in [0.29, 0.717) is 24.8 Å². The van der Waals surface area contributed by atoms with Gasteiger partial charge in [-0.25, -0.2) is 0 Å². The molecule has 2 aromatic carbocycles. The monoisotopic (exact) mass is 462 g/mol. The van der Waals surface area contributed by atoms with Crippen LogP contribution in [0.1, 0.15) is 54.8 Å². The van der Waals surface area contributed by atoms with E-state index in [9.17, 15) is 4.79 Å². The Hall–Kier alpha value is -3.19. The third kappa shape index (κ3) is 5.65. The highest BCUT2D eigenvalue weighted by Gasteiger charge is 2.28. The van der Waals surface area contributed by atoms with Gasteiger partial charge in [-0.15, -0.1) is 0 Å². The minimum Gasteiger partial charge on any atom is -0.497 e. The Kier molecular flexibility index (Phi) is 7.63. The lowest BCUT2D eigenvalue weighted by Crippen LogP contribution is -2.43. The summed E-state index contributed by atoms with van der Waals surface area (Å²) >= 11 is 0. The van der Waals surface area contributed by atoms with Crippen LogP contribution in [-0.2, 0) is 11.3 Å². The molecule has 2 atom stereocenters. The number of carbonyl (C=O) groups excluding carboxylic acids is 1. The predicted molar refractivity (Wildman–Crippen MR) is 131 cm³/mol. The molecule has 34 heavy (non-hydrogen) atoms. The van der Waals surface area contributed by atoms with E-state index in [-0.39, 0.29) is 17.9 Å². The molecule has 2 unspecified atom stereocenters. The average Bonchev–Trinajstić information content (AvgIpc) is 3.31. The van der Waals surface area contributed by atoms with Gasteiger partial charge in [0, 0.05) is 12.1 Å². The molecule has 1 N–H and O–H groups in total. The molecule has 1 aromatic heterocycles. The number of carbonyl (C=O) groups is 1. The topological polar surface area (TPSA) is 80.5 Å². The van der Waals surface area contributed by atoms with Gasteiger partial charge < -0.3 is 14.6 Å². The highest BCUT2D eigenvalue weighted by Crippen LogP contribution is 2.25. The Morgan fingerprint density at radius 3 is 2.74 bits per heavy atom. The molecule has 0 spiro atoms. The molecular weight excluding hydrogens is 428 g/mol. The van der Waals surface area contributed by atoms with E-state index in [1.165, 1.54) is 16.7 Å². The van der Waals surface area contributed by atoms with Crippen LogP contribution >= 0.6 is 0 Å². The number of ether oxygens (including phenoxy) is 1. The van der Waals surface area contributed by atoms with Gasteiger partial charge >= 0.3 is 0 Å². The smallest absolute Gasteiger partial charge is 0.241 e. The van der Waals surface area contributed by atoms with Crippen LogP contribution in [-0.4, -0.2) is 41.1 Å². The van der Waals surface area contributed by atoms with Crippen LogP contribution in [0, 0.1) is 19.8 Å². The number of amides is 1. The van der Waals surface area contributed by atoms with Crippen LogP contribution in [0.3, 0.4) is 0 Å². The van der Waals surface area contributed by atoms with Crippen molar-refractivity contribution in [1.82, 2.24) is 20.4 Å². The molecule has 1 saturated heterocycles. The Labute approximate surface area is 201 Å². The molecule has 3 aromatic rings. The van der Waals surface area contributed by atoms with Gasteiger partial charge in [-0.1, -0.05) is 35.8 Å². The zero-order valence-corrected chi connectivity index (χ0v) is 20.5. The van der Waals surface area contributed by atoms with Gasteiger partial charge in [-0.3, -0.25) is 9.69 Å². The van der Waals surface area contributed by atoms with Crippen molar-refractivity contribution in [2.24, 2.45) is 5.92 Å². The van der Waals surface area contributed by atoms with Gasteiger partial charge in [0.25, 0.3) is 0 Å². The van der Waals surface area contributed by atoms with E-state index < -0.39 is 0 Å². The van der Waals surface area contributed by atoms with E-state index in [1.807, 2.05) is 24.3 Å². The normalized spacial score (nSPS) is 17.4. The summed E-state index contributed by atoms with van der Waals surface area (Å²) in [5, 5.41) is 7.43. The van der Waals surface area contributed by atoms with Crippen molar-refractivity contribution in [3.8, 4) is 17.1 Å². The zero-order valence-electron chi connectivity index (χ0n) is 20.5. The first-order valence-electron chi connectivity index (χ1n) is 12.0. The Morgan fingerprint density at radius 1 is 1.24 bits per heavy atom. The van der Waals surface area contributed by atoms with Gasteiger partial charge in [-0.05, 0) is 75.0 Å². The number of aromatic nitrogens is 2. The molecule has 4 rings (SSSR count). The Morgan fingerprint density at radius 2 is 2.03 bits per heavy atom. The summed E-state index contributed by atoms with van der Waals surface area (Å²) in [7, 11) is 1.64. The average molecular weight is 463 g/mol. The van der Waals surface area contributed by atoms with E-state index in [0.717, 1.165) is 37.1 Å². The second-order valence-electron chi connectivity index (χ2n) is 9.14. The summed E-state index contributed by atoms with van der Waals surface area (Å²) in [6, 6.07) is 14.0. The van der Waals surface area contributed by atoms with Crippen molar-refractivity contribution in [2.45, 2.75) is 52.6 Å². The number of methoxy groups -OCH3 is 1. The first kappa shape index (κ1) is 24.0. The quantitative estimate of drug-likeness (QED) is 0.516. The highest BCUT2D eigenvalue weighted by atomic mass is 16.5. The fourth-order valence-electron chi connectivity index (χ4n) is 4.69. The number of nitrogens with zero attached hydrogens (tertiary/aromatic N) is 3. The second kappa shape index (κ2) is 10.8. The van der Waals surface area contributed by atoms with Gasteiger partial charge in [0.2, 0.25) is 17.6 Å². The number of likely N-dealkylation sites (tertiary alicyclic amines) is 1. The molecule has 7 heteroatoms. The van der Waals surface area contributed by atoms with Crippen LogP contribution in [0.4, 0.5) is 0 Å². The fourth-order valence-corrected chi connectivity index (χ4v) is 4.69. The fraction of sp³-hybridized carbons (Fsp3) is 0.444. The van der Waals surface area contributed by atoms with Crippen molar-refractivity contribution in [3.05, 3.63) is 65.0 Å². The van der Waals surface area contributed by atoms with E-state index in [2.05, 4.69) is 59.3 Å². The highest BCUT2D eigenvalue weighted by molar-refractivity contribution is 5.79. The molecule has 1 fully saturated rings. The van der Waals surface area contributed by atoms with Crippen molar-refractivity contribution in [3.63, 3.8) is 0 Å². The maximum Gasteiger partial charge on any atom is 0.241 e. The standard InChI is InChI=1S/C27H34N4O3/c1-5-24(23-13-8-18(2)15-19(23)3)28-27(32)21-7-6-14-31(16-21)17-25-29-26(30-34-25)20-9-11-22(33-4)12-10-20/h8-13,15,21,24H,5-7,14,16-17H2,1-4H3,(H,28,32).